The van der Waals surface area contributed by atoms with E-state index in [0.29, 0.717) is 11.5 Å². The molecule has 1 aliphatic rings. The Hall–Kier alpha value is -2.59. The zero-order chi connectivity index (χ0) is 19.6. The first-order chi connectivity index (χ1) is 12.8. The summed E-state index contributed by atoms with van der Waals surface area (Å²) in [6, 6.07) is 4.55. The number of aromatic nitrogens is 1. The maximum absolute atomic E-state index is 12.3. The van der Waals surface area contributed by atoms with Crippen LogP contribution in [0.3, 0.4) is 0 Å². The minimum Gasteiger partial charge on any atom is -0.320 e. The first-order valence-electron chi connectivity index (χ1n) is 8.06. The number of aryl methyl sites for hydroxylation is 2. The van der Waals surface area contributed by atoms with Crippen molar-refractivity contribution in [2.45, 2.75) is 31.9 Å². The van der Waals surface area contributed by atoms with E-state index in [0.717, 1.165) is 16.3 Å². The summed E-state index contributed by atoms with van der Waals surface area (Å²) in [5.74, 6) is -0.828. The number of nitro benzene ring substituents is 1. The van der Waals surface area contributed by atoms with E-state index in [-0.39, 0.29) is 23.7 Å². The maximum Gasteiger partial charge on any atom is 0.293 e. The van der Waals surface area contributed by atoms with Crippen molar-refractivity contribution in [3.63, 3.8) is 0 Å². The summed E-state index contributed by atoms with van der Waals surface area (Å²) in [6.07, 6.45) is 0.370. The van der Waals surface area contributed by atoms with E-state index in [1.54, 1.807) is 13.0 Å². The largest absolute Gasteiger partial charge is 0.320 e. The van der Waals surface area contributed by atoms with Crippen molar-refractivity contribution < 1.29 is 14.5 Å². The van der Waals surface area contributed by atoms with Crippen molar-refractivity contribution in [1.29, 1.82) is 0 Å². The van der Waals surface area contributed by atoms with E-state index in [1.165, 1.54) is 35.2 Å². The van der Waals surface area contributed by atoms with Crippen LogP contribution in [0.5, 0.6) is 0 Å². The lowest BCUT2D eigenvalue weighted by molar-refractivity contribution is -0.384. The van der Waals surface area contributed by atoms with Crippen LogP contribution in [0.4, 0.5) is 11.4 Å². The number of carbonyl (C=O) groups is 2. The van der Waals surface area contributed by atoms with Crippen LogP contribution in [0, 0.1) is 24.0 Å². The first-order valence-corrected chi connectivity index (χ1v) is 9.81. The van der Waals surface area contributed by atoms with Crippen molar-refractivity contribution in [2.24, 2.45) is 4.99 Å². The molecule has 2 amide bonds. The van der Waals surface area contributed by atoms with E-state index in [4.69, 9.17) is 0 Å². The van der Waals surface area contributed by atoms with E-state index in [1.807, 2.05) is 12.3 Å². The highest BCUT2D eigenvalue weighted by Crippen LogP contribution is 2.29. The molecule has 27 heavy (non-hydrogen) atoms. The Balaban J connectivity index is 1.61. The SMILES string of the molecule is Cc1ccc(NC(=O)C[C@@H]2SC(Cc3nc(C)cs3)=NC2=O)c([N+](=O)[O-])c1. The molecular formula is C17H16N4O4S2. The summed E-state index contributed by atoms with van der Waals surface area (Å²) in [5.41, 5.74) is 1.58. The molecule has 140 valence electrons. The summed E-state index contributed by atoms with van der Waals surface area (Å²) in [4.78, 5) is 43.3. The van der Waals surface area contributed by atoms with Crippen LogP contribution in [0.1, 0.15) is 22.7 Å². The van der Waals surface area contributed by atoms with Gasteiger partial charge in [-0.25, -0.2) is 9.98 Å². The van der Waals surface area contributed by atoms with Crippen molar-refractivity contribution in [1.82, 2.24) is 4.98 Å². The highest BCUT2D eigenvalue weighted by molar-refractivity contribution is 8.15. The fraction of sp³-hybridized carbons (Fsp3) is 0.294. The first kappa shape index (κ1) is 19.2. The van der Waals surface area contributed by atoms with Gasteiger partial charge < -0.3 is 5.32 Å². The number of anilines is 1. The van der Waals surface area contributed by atoms with Crippen LogP contribution in [-0.4, -0.2) is 32.0 Å². The molecule has 0 radical (unpaired) electrons. The van der Waals surface area contributed by atoms with E-state index < -0.39 is 16.1 Å². The fourth-order valence-electron chi connectivity index (χ4n) is 2.53. The van der Waals surface area contributed by atoms with Gasteiger partial charge in [0, 0.05) is 30.0 Å². The predicted octanol–water partition coefficient (Wildman–Crippen LogP) is 3.28. The lowest BCUT2D eigenvalue weighted by atomic mass is 10.2. The summed E-state index contributed by atoms with van der Waals surface area (Å²) < 4.78 is 0. The minimum absolute atomic E-state index is 0.0988. The predicted molar refractivity (Wildman–Crippen MR) is 105 cm³/mol. The molecule has 0 unspecified atom stereocenters. The van der Waals surface area contributed by atoms with Crippen molar-refractivity contribution in [3.05, 3.63) is 50.0 Å². The quantitative estimate of drug-likeness (QED) is 0.584. The van der Waals surface area contributed by atoms with Crippen LogP contribution in [-0.2, 0) is 16.0 Å². The molecule has 0 bridgehead atoms. The molecule has 1 aromatic heterocycles. The zero-order valence-electron chi connectivity index (χ0n) is 14.6. The Morgan fingerprint density at radius 3 is 2.81 bits per heavy atom. The van der Waals surface area contributed by atoms with E-state index in [2.05, 4.69) is 15.3 Å². The van der Waals surface area contributed by atoms with Gasteiger partial charge in [-0.1, -0.05) is 17.8 Å². The third-order valence-corrected chi connectivity index (χ3v) is 5.88. The van der Waals surface area contributed by atoms with Crippen LogP contribution < -0.4 is 5.32 Å². The number of thiazole rings is 1. The van der Waals surface area contributed by atoms with Crippen LogP contribution >= 0.6 is 23.1 Å². The molecule has 8 nitrogen and oxygen atoms in total. The fourth-order valence-corrected chi connectivity index (χ4v) is 4.47. The van der Waals surface area contributed by atoms with Gasteiger partial charge in [0.1, 0.15) is 10.9 Å². The number of thioether (sulfide) groups is 1. The Labute approximate surface area is 163 Å². The van der Waals surface area contributed by atoms with Crippen LogP contribution in [0.2, 0.25) is 0 Å². The van der Waals surface area contributed by atoms with E-state index in [9.17, 15) is 19.7 Å². The summed E-state index contributed by atoms with van der Waals surface area (Å²) in [6.45, 7) is 3.63. The third kappa shape index (κ3) is 4.77. The molecule has 0 saturated carbocycles. The molecule has 0 fully saturated rings. The van der Waals surface area contributed by atoms with Crippen LogP contribution in [0.15, 0.2) is 28.6 Å². The third-order valence-electron chi connectivity index (χ3n) is 3.75. The number of nitrogens with one attached hydrogen (secondary N) is 1. The van der Waals surface area contributed by atoms with Gasteiger partial charge >= 0.3 is 0 Å². The Morgan fingerprint density at radius 1 is 1.37 bits per heavy atom. The maximum atomic E-state index is 12.3. The van der Waals surface area contributed by atoms with Crippen molar-refractivity contribution in [2.75, 3.05) is 5.32 Å². The average molecular weight is 404 g/mol. The number of aliphatic imine (C=N–C) groups is 1. The molecule has 0 spiro atoms. The highest BCUT2D eigenvalue weighted by atomic mass is 32.2. The molecular weight excluding hydrogens is 388 g/mol. The molecule has 0 saturated heterocycles. The number of nitrogens with zero attached hydrogens (tertiary/aromatic N) is 3. The summed E-state index contributed by atoms with van der Waals surface area (Å²) >= 11 is 2.75. The van der Waals surface area contributed by atoms with Crippen molar-refractivity contribution in [3.8, 4) is 0 Å². The van der Waals surface area contributed by atoms with Crippen molar-refractivity contribution >= 4 is 51.3 Å². The monoisotopic (exact) mass is 404 g/mol. The molecule has 2 aromatic rings. The highest BCUT2D eigenvalue weighted by Gasteiger charge is 2.31. The van der Waals surface area contributed by atoms with Gasteiger partial charge in [0.2, 0.25) is 5.91 Å². The average Bonchev–Trinajstić information content (AvgIpc) is 3.14. The Bertz CT molecular complexity index is 954. The summed E-state index contributed by atoms with van der Waals surface area (Å²) in [7, 11) is 0. The number of nitro groups is 1. The molecule has 0 aliphatic carbocycles. The standard InChI is InChI=1S/C17H16N4O4S2/c1-9-3-4-11(12(5-9)21(24)25)19-14(22)6-13-17(23)20-16(27-13)7-15-18-10(2)8-26-15/h3-5,8,13H,6-7H2,1-2H3,(H,19,22)/t13-/m0/s1. The molecule has 1 atom stereocenters. The summed E-state index contributed by atoms with van der Waals surface area (Å²) in [5, 5.41) is 16.5. The van der Waals surface area contributed by atoms with Gasteiger partial charge in [-0.05, 0) is 25.5 Å². The van der Waals surface area contributed by atoms with Gasteiger partial charge in [0.25, 0.3) is 11.6 Å². The number of hydrogen-bond donors (Lipinski definition) is 1. The van der Waals surface area contributed by atoms with Gasteiger partial charge in [-0.3, -0.25) is 19.7 Å². The number of benzene rings is 1. The van der Waals surface area contributed by atoms with Crippen LogP contribution in [0.25, 0.3) is 0 Å². The molecule has 2 heterocycles. The van der Waals surface area contributed by atoms with Gasteiger partial charge in [-0.2, -0.15) is 0 Å². The lowest BCUT2D eigenvalue weighted by Gasteiger charge is -2.09. The Kier molecular flexibility index (Phi) is 5.66. The normalized spacial score (nSPS) is 16.3. The molecule has 1 N–H and O–H groups in total. The van der Waals surface area contributed by atoms with Gasteiger partial charge in [0.05, 0.1) is 15.0 Å². The topological polar surface area (TPSA) is 115 Å². The number of rotatable bonds is 6. The molecule has 1 aliphatic heterocycles. The second-order valence-corrected chi connectivity index (χ2v) is 8.26. The number of carbonyl (C=O) groups excluding carboxylic acids is 2. The smallest absolute Gasteiger partial charge is 0.293 e. The second-order valence-electron chi connectivity index (χ2n) is 6.04. The van der Waals surface area contributed by atoms with Gasteiger partial charge in [0.15, 0.2) is 0 Å². The van der Waals surface area contributed by atoms with Gasteiger partial charge in [-0.15, -0.1) is 11.3 Å². The molecule has 10 heteroatoms. The Morgan fingerprint density at radius 2 is 2.15 bits per heavy atom. The number of hydrogen-bond acceptors (Lipinski definition) is 7. The minimum atomic E-state index is -0.620. The molecule has 1 aromatic carbocycles. The zero-order valence-corrected chi connectivity index (χ0v) is 16.2. The lowest BCUT2D eigenvalue weighted by Crippen LogP contribution is -2.21. The van der Waals surface area contributed by atoms with E-state index >= 15 is 0 Å². The molecule has 3 rings (SSSR count). The second kappa shape index (κ2) is 7.97. The number of amides is 2.